The average Bonchev–Trinajstić information content (AvgIpc) is 2.72. The van der Waals surface area contributed by atoms with E-state index in [2.05, 4.69) is 4.72 Å². The number of aryl methyl sites for hydroxylation is 1. The number of nitrogens with one attached hydrogen (secondary N) is 1. The minimum absolute atomic E-state index is 0.0489. The van der Waals surface area contributed by atoms with Crippen molar-refractivity contribution in [3.8, 4) is 0 Å². The first-order valence-corrected chi connectivity index (χ1v) is 10.5. The third-order valence-electron chi connectivity index (χ3n) is 4.45. The van der Waals surface area contributed by atoms with Gasteiger partial charge in [-0.3, -0.25) is 9.59 Å². The van der Waals surface area contributed by atoms with Gasteiger partial charge < -0.3 is 4.74 Å². The second-order valence-electron chi connectivity index (χ2n) is 6.70. The zero-order valence-corrected chi connectivity index (χ0v) is 16.9. The molecule has 1 atom stereocenters. The van der Waals surface area contributed by atoms with Crippen LogP contribution in [-0.4, -0.2) is 32.8 Å². The molecule has 0 saturated carbocycles. The Morgan fingerprint density at radius 3 is 2.31 bits per heavy atom. The van der Waals surface area contributed by atoms with Crippen molar-refractivity contribution in [2.24, 2.45) is 0 Å². The standard InChI is InChI=1S/C22H21NO5S/c1-15-7-9-18(10-8-15)22(25)16(2)28-21(24)14-23-29(26,27)20-12-11-17-5-3-4-6-19(17)13-20/h3-13,16,23H,14H2,1-2H3/t16-/m1/s1. The number of carbonyl (C=O) groups is 2. The summed E-state index contributed by atoms with van der Waals surface area (Å²) in [6, 6.07) is 19.0. The van der Waals surface area contributed by atoms with Crippen LogP contribution in [0.15, 0.2) is 71.6 Å². The summed E-state index contributed by atoms with van der Waals surface area (Å²) >= 11 is 0. The first-order chi connectivity index (χ1) is 13.8. The first-order valence-electron chi connectivity index (χ1n) is 9.05. The maximum absolute atomic E-state index is 12.5. The summed E-state index contributed by atoms with van der Waals surface area (Å²) in [5.41, 5.74) is 1.43. The van der Waals surface area contributed by atoms with Crippen molar-refractivity contribution in [3.63, 3.8) is 0 Å². The highest BCUT2D eigenvalue weighted by molar-refractivity contribution is 7.89. The molecule has 0 heterocycles. The van der Waals surface area contributed by atoms with Crippen molar-refractivity contribution < 1.29 is 22.7 Å². The van der Waals surface area contributed by atoms with Crippen LogP contribution >= 0.6 is 0 Å². The van der Waals surface area contributed by atoms with Gasteiger partial charge in [-0.2, -0.15) is 4.72 Å². The molecule has 0 unspecified atom stereocenters. The number of hydrogen-bond acceptors (Lipinski definition) is 5. The molecule has 0 aliphatic carbocycles. The number of carbonyl (C=O) groups excluding carboxylic acids is 2. The van der Waals surface area contributed by atoms with Gasteiger partial charge in [0, 0.05) is 5.56 Å². The Labute approximate surface area is 169 Å². The Kier molecular flexibility index (Phi) is 6.10. The largest absolute Gasteiger partial charge is 0.453 e. The number of rotatable bonds is 7. The van der Waals surface area contributed by atoms with Gasteiger partial charge in [-0.05, 0) is 36.8 Å². The van der Waals surface area contributed by atoms with E-state index >= 15 is 0 Å². The molecule has 0 fully saturated rings. The smallest absolute Gasteiger partial charge is 0.321 e. The molecule has 0 aliphatic rings. The lowest BCUT2D eigenvalue weighted by Gasteiger charge is -2.13. The van der Waals surface area contributed by atoms with Crippen molar-refractivity contribution in [3.05, 3.63) is 77.9 Å². The van der Waals surface area contributed by atoms with Gasteiger partial charge in [-0.25, -0.2) is 8.42 Å². The molecule has 29 heavy (non-hydrogen) atoms. The van der Waals surface area contributed by atoms with E-state index in [0.29, 0.717) is 5.56 Å². The highest BCUT2D eigenvalue weighted by atomic mass is 32.2. The van der Waals surface area contributed by atoms with Gasteiger partial charge in [0.1, 0.15) is 6.54 Å². The molecule has 1 N–H and O–H groups in total. The van der Waals surface area contributed by atoms with Gasteiger partial charge in [0.2, 0.25) is 15.8 Å². The summed E-state index contributed by atoms with van der Waals surface area (Å²) < 4.78 is 32.2. The lowest BCUT2D eigenvalue weighted by atomic mass is 10.1. The molecule has 0 spiro atoms. The molecule has 7 heteroatoms. The van der Waals surface area contributed by atoms with E-state index in [4.69, 9.17) is 4.74 Å². The lowest BCUT2D eigenvalue weighted by molar-refractivity contribution is -0.144. The van der Waals surface area contributed by atoms with Gasteiger partial charge >= 0.3 is 5.97 Å². The van der Waals surface area contributed by atoms with Gasteiger partial charge in [-0.15, -0.1) is 0 Å². The zero-order chi connectivity index (χ0) is 21.0. The van der Waals surface area contributed by atoms with E-state index in [-0.39, 0.29) is 10.7 Å². The molecule has 0 bridgehead atoms. The monoisotopic (exact) mass is 411 g/mol. The summed E-state index contributed by atoms with van der Waals surface area (Å²) in [5.74, 6) is -1.18. The second kappa shape index (κ2) is 8.55. The molecule has 3 rings (SSSR count). The first kappa shape index (κ1) is 20.7. The average molecular weight is 411 g/mol. The van der Waals surface area contributed by atoms with Crippen LogP contribution in [0.4, 0.5) is 0 Å². The van der Waals surface area contributed by atoms with E-state index in [0.717, 1.165) is 16.3 Å². The Bertz CT molecular complexity index is 1150. The summed E-state index contributed by atoms with van der Waals surface area (Å²) in [6.07, 6.45) is -1.02. The Hall–Kier alpha value is -3.03. The van der Waals surface area contributed by atoms with Crippen molar-refractivity contribution in [2.45, 2.75) is 24.8 Å². The van der Waals surface area contributed by atoms with Crippen LogP contribution < -0.4 is 4.72 Å². The number of benzene rings is 3. The Morgan fingerprint density at radius 2 is 1.62 bits per heavy atom. The fraction of sp³-hybridized carbons (Fsp3) is 0.182. The molecular weight excluding hydrogens is 390 g/mol. The number of Topliss-reactive ketones (excluding diaryl/α,β-unsaturated/α-hetero) is 1. The van der Waals surface area contributed by atoms with Gasteiger partial charge in [0.05, 0.1) is 4.90 Å². The number of ether oxygens (including phenoxy) is 1. The summed E-state index contributed by atoms with van der Waals surface area (Å²) in [4.78, 5) is 24.4. The number of esters is 1. The van der Waals surface area contributed by atoms with E-state index in [9.17, 15) is 18.0 Å². The SMILES string of the molecule is Cc1ccc(C(=O)[C@@H](C)OC(=O)CNS(=O)(=O)c2ccc3ccccc3c2)cc1. The lowest BCUT2D eigenvalue weighted by Crippen LogP contribution is -2.34. The van der Waals surface area contributed by atoms with Crippen LogP contribution in [-0.2, 0) is 19.6 Å². The predicted molar refractivity (Wildman–Crippen MR) is 110 cm³/mol. The second-order valence-corrected chi connectivity index (χ2v) is 8.46. The molecule has 6 nitrogen and oxygen atoms in total. The normalized spacial score (nSPS) is 12.5. The van der Waals surface area contributed by atoms with E-state index < -0.39 is 28.6 Å². The van der Waals surface area contributed by atoms with Crippen LogP contribution in [0.2, 0.25) is 0 Å². The molecule has 0 aromatic heterocycles. The Balaban J connectivity index is 1.61. The van der Waals surface area contributed by atoms with E-state index in [1.807, 2.05) is 25.1 Å². The van der Waals surface area contributed by atoms with E-state index in [1.165, 1.54) is 19.1 Å². The van der Waals surface area contributed by atoms with Gasteiger partial charge in [-0.1, -0.05) is 60.2 Å². The number of ketones is 1. The molecule has 0 saturated heterocycles. The van der Waals surface area contributed by atoms with Crippen molar-refractivity contribution in [1.82, 2.24) is 4.72 Å². The number of sulfonamides is 1. The molecule has 0 aliphatic heterocycles. The van der Waals surface area contributed by atoms with Gasteiger partial charge in [0.25, 0.3) is 0 Å². The Morgan fingerprint density at radius 1 is 0.966 bits per heavy atom. The van der Waals surface area contributed by atoms with Crippen molar-refractivity contribution >= 4 is 32.5 Å². The number of fused-ring (bicyclic) bond motifs is 1. The van der Waals surface area contributed by atoms with Crippen LogP contribution in [0.5, 0.6) is 0 Å². The molecule has 3 aromatic rings. The minimum atomic E-state index is -3.90. The predicted octanol–water partition coefficient (Wildman–Crippen LogP) is 3.24. The topological polar surface area (TPSA) is 89.5 Å². The maximum atomic E-state index is 12.5. The van der Waals surface area contributed by atoms with Crippen LogP contribution in [0.1, 0.15) is 22.8 Å². The molecule has 3 aromatic carbocycles. The van der Waals surface area contributed by atoms with Crippen LogP contribution in [0.25, 0.3) is 10.8 Å². The van der Waals surface area contributed by atoms with E-state index in [1.54, 1.807) is 36.4 Å². The molecule has 0 radical (unpaired) electrons. The highest BCUT2D eigenvalue weighted by Crippen LogP contribution is 2.18. The van der Waals surface area contributed by atoms with Crippen molar-refractivity contribution in [1.29, 1.82) is 0 Å². The van der Waals surface area contributed by atoms with Crippen LogP contribution in [0.3, 0.4) is 0 Å². The fourth-order valence-electron chi connectivity index (χ4n) is 2.82. The quantitative estimate of drug-likeness (QED) is 0.476. The summed E-state index contributed by atoms with van der Waals surface area (Å²) in [7, 11) is -3.90. The summed E-state index contributed by atoms with van der Waals surface area (Å²) in [6.45, 7) is 2.79. The molecular formula is C22H21NO5S. The summed E-state index contributed by atoms with van der Waals surface area (Å²) in [5, 5.41) is 1.68. The fourth-order valence-corrected chi connectivity index (χ4v) is 3.82. The third kappa shape index (κ3) is 5.07. The molecule has 150 valence electrons. The zero-order valence-electron chi connectivity index (χ0n) is 16.1. The maximum Gasteiger partial charge on any atom is 0.321 e. The highest BCUT2D eigenvalue weighted by Gasteiger charge is 2.21. The molecule has 0 amide bonds. The van der Waals surface area contributed by atoms with Crippen molar-refractivity contribution in [2.75, 3.05) is 6.54 Å². The third-order valence-corrected chi connectivity index (χ3v) is 5.85. The minimum Gasteiger partial charge on any atom is -0.453 e. The number of hydrogen-bond donors (Lipinski definition) is 1. The van der Waals surface area contributed by atoms with Gasteiger partial charge in [0.15, 0.2) is 6.10 Å². The van der Waals surface area contributed by atoms with Crippen LogP contribution in [0, 0.1) is 6.92 Å².